The number of aliphatic hydroxyl groups excluding tert-OH is 2. The molecule has 2 rings (SSSR count). The van der Waals surface area contributed by atoms with Gasteiger partial charge in [0.25, 0.3) is 0 Å². The number of nitrogens with zero attached hydrogens (tertiary/aromatic N) is 2. The Kier molecular flexibility index (Phi) is 7.01. The van der Waals surface area contributed by atoms with E-state index < -0.39 is 30.2 Å². The molecule has 8 nitrogen and oxygen atoms in total. The zero-order chi connectivity index (χ0) is 13.9. The van der Waals surface area contributed by atoms with E-state index in [-0.39, 0.29) is 13.2 Å². The third-order valence-corrected chi connectivity index (χ3v) is 2.46. The minimum atomic E-state index is -1.22. The molecule has 4 N–H and O–H groups in total. The summed E-state index contributed by atoms with van der Waals surface area (Å²) in [6.07, 6.45) is -2.77. The summed E-state index contributed by atoms with van der Waals surface area (Å²) in [5.74, 6) is 0.0838. The van der Waals surface area contributed by atoms with E-state index in [0.29, 0.717) is 0 Å². The Morgan fingerprint density at radius 3 is 2.42 bits per heavy atom. The molecule has 1 aliphatic heterocycles. The molecule has 1 saturated heterocycles. The van der Waals surface area contributed by atoms with Crippen molar-refractivity contribution in [2.45, 2.75) is 24.5 Å². The van der Waals surface area contributed by atoms with E-state index in [9.17, 15) is 15.0 Å². The van der Waals surface area contributed by atoms with Gasteiger partial charge in [0, 0.05) is 6.20 Å². The van der Waals surface area contributed by atoms with Crippen molar-refractivity contribution in [3.05, 3.63) is 37.1 Å². The van der Waals surface area contributed by atoms with Crippen LogP contribution in [0.5, 0.6) is 0 Å². The third-order valence-electron chi connectivity index (χ3n) is 2.46. The first-order chi connectivity index (χ1) is 8.50. The maximum atomic E-state index is 11.5. The summed E-state index contributed by atoms with van der Waals surface area (Å²) >= 11 is 2.31. The summed E-state index contributed by atoms with van der Waals surface area (Å²) in [4.78, 5) is 15.0. The van der Waals surface area contributed by atoms with Crippen LogP contribution in [0.4, 0.5) is 5.82 Å². The zero-order valence-electron chi connectivity index (χ0n) is 10.1. The monoisotopic (exact) mass is 316 g/mol. The van der Waals surface area contributed by atoms with Gasteiger partial charge >= 0.3 is 25.2 Å². The third kappa shape index (κ3) is 3.67. The second-order valence-electron chi connectivity index (χ2n) is 3.59. The first kappa shape index (κ1) is 17.9. The van der Waals surface area contributed by atoms with Gasteiger partial charge in [-0.05, 0) is 12.2 Å². The van der Waals surface area contributed by atoms with Gasteiger partial charge in [0.05, 0.1) is 6.10 Å². The van der Waals surface area contributed by atoms with Gasteiger partial charge in [-0.1, -0.05) is 0 Å². The number of nitrogens with two attached hydrogens (primary N) is 1. The molecule has 1 aromatic heterocycles. The summed E-state index contributed by atoms with van der Waals surface area (Å²) in [7, 11) is 0. The molecule has 1 aromatic rings. The average Bonchev–Trinajstić information content (AvgIpc) is 2.60. The Morgan fingerprint density at radius 1 is 1.42 bits per heavy atom. The van der Waals surface area contributed by atoms with Gasteiger partial charge in [0.15, 0.2) is 6.23 Å². The molecule has 0 amide bonds. The average molecular weight is 316 g/mol. The van der Waals surface area contributed by atoms with Crippen LogP contribution in [-0.2, 0) is 24.3 Å². The van der Waals surface area contributed by atoms with E-state index in [1.54, 1.807) is 0 Å². The van der Waals surface area contributed by atoms with Crippen molar-refractivity contribution >= 4 is 5.82 Å². The summed E-state index contributed by atoms with van der Waals surface area (Å²) in [5, 5.41) is 19.1. The van der Waals surface area contributed by atoms with Crippen LogP contribution in [0.25, 0.3) is 0 Å². The first-order valence-corrected chi connectivity index (χ1v) is 5.26. The molecule has 0 spiro atoms. The Hall–Kier alpha value is -1.13. The zero-order valence-corrected chi connectivity index (χ0v) is 11.1. The second kappa shape index (κ2) is 7.45. The number of aliphatic hydroxyl groups is 2. The van der Waals surface area contributed by atoms with Crippen molar-refractivity contribution in [2.75, 3.05) is 5.73 Å². The molecule has 19 heavy (non-hydrogen) atoms. The maximum absolute atomic E-state index is 11.5. The van der Waals surface area contributed by atoms with Crippen LogP contribution < -0.4 is 11.4 Å². The number of aromatic nitrogens is 2. The normalized spacial score (nSPS) is 29.1. The molecule has 2 heterocycles. The number of hydrogen-bond acceptors (Lipinski definition) is 7. The van der Waals surface area contributed by atoms with E-state index in [1.807, 2.05) is 0 Å². The van der Waals surface area contributed by atoms with Crippen molar-refractivity contribution in [3.8, 4) is 0 Å². The number of rotatable bonds is 1. The van der Waals surface area contributed by atoms with E-state index in [1.165, 1.54) is 12.3 Å². The molecule has 4 unspecified atom stereocenters. The Balaban J connectivity index is 0.00000103. The summed E-state index contributed by atoms with van der Waals surface area (Å²) in [5.41, 5.74) is 4.68. The molecule has 0 aromatic carbocycles. The Morgan fingerprint density at radius 2 is 2.00 bits per heavy atom. The van der Waals surface area contributed by atoms with Crippen molar-refractivity contribution in [1.82, 2.24) is 9.55 Å². The van der Waals surface area contributed by atoms with Gasteiger partial charge in [-0.25, -0.2) is 4.79 Å². The van der Waals surface area contributed by atoms with Crippen LogP contribution in [0.3, 0.4) is 0 Å². The standard InChI is InChI=1S/C9H12N3O4.CH3.Co.O/c1-4-6(13)7(14)8(16-4)12-3-2-5(10)11-9(12)15;;;/h2-4,6-8,13-14H,1H2,(H2,10,11,15);1H3;;/q2*-1;;. The van der Waals surface area contributed by atoms with Crippen molar-refractivity contribution in [3.63, 3.8) is 0 Å². The predicted molar refractivity (Wildman–Crippen MR) is 61.3 cm³/mol. The van der Waals surface area contributed by atoms with E-state index in [2.05, 4.69) is 27.6 Å². The van der Waals surface area contributed by atoms with Crippen LogP contribution >= 0.6 is 0 Å². The first-order valence-electron chi connectivity index (χ1n) is 4.83. The van der Waals surface area contributed by atoms with E-state index in [0.717, 1.165) is 4.57 Å². The van der Waals surface area contributed by atoms with Gasteiger partial charge in [0.2, 0.25) is 0 Å². The molecule has 0 saturated carbocycles. The van der Waals surface area contributed by atoms with Crippen LogP contribution in [0.15, 0.2) is 17.1 Å². The predicted octanol–water partition coefficient (Wildman–Crippen LogP) is -1.39. The molecular weight excluding hydrogens is 301 g/mol. The fourth-order valence-electron chi connectivity index (χ4n) is 1.58. The van der Waals surface area contributed by atoms with Crippen LogP contribution in [-0.4, -0.2) is 38.1 Å². The summed E-state index contributed by atoms with van der Waals surface area (Å²) in [6.45, 7) is 3.50. The van der Waals surface area contributed by atoms with Gasteiger partial charge in [-0.2, -0.15) is 4.98 Å². The number of anilines is 1. The molecule has 9 heteroatoms. The molecule has 4 atom stereocenters. The van der Waals surface area contributed by atoms with Gasteiger partial charge in [-0.15, -0.1) is 0 Å². The topological polar surface area (TPSA) is 128 Å². The van der Waals surface area contributed by atoms with E-state index in [4.69, 9.17) is 14.3 Å². The number of hydrogen-bond donors (Lipinski definition) is 3. The van der Waals surface area contributed by atoms with Crippen LogP contribution in [0.2, 0.25) is 0 Å². The van der Waals surface area contributed by atoms with Gasteiger partial charge < -0.3 is 35.0 Å². The van der Waals surface area contributed by atoms with E-state index >= 15 is 0 Å². The number of ether oxygens (including phenoxy) is 1. The Labute approximate surface area is 118 Å². The summed E-state index contributed by atoms with van der Waals surface area (Å²) < 4.78 is 14.2. The molecule has 0 bridgehead atoms. The van der Waals surface area contributed by atoms with Crippen molar-refractivity contribution in [2.24, 2.45) is 0 Å². The molecule has 1 aliphatic rings. The van der Waals surface area contributed by atoms with Gasteiger partial charge in [0.1, 0.15) is 11.9 Å². The molecule has 1 fully saturated rings. The van der Waals surface area contributed by atoms with Crippen molar-refractivity contribution < 1.29 is 34.5 Å². The SMILES string of the molecule is [CH2-]C1OC(n2ccc(N)nc2=O)C(O)C1O.[CH3-].[O]=[Co]. The minimum absolute atomic E-state index is 0. The molecular formula is C10H15CoN3O5-2. The van der Waals surface area contributed by atoms with Crippen LogP contribution in [0.1, 0.15) is 6.23 Å². The molecule has 0 aliphatic carbocycles. The molecule has 0 radical (unpaired) electrons. The fourth-order valence-corrected chi connectivity index (χ4v) is 1.58. The second-order valence-corrected chi connectivity index (χ2v) is 3.59. The fraction of sp³-hybridized carbons (Fsp3) is 0.400. The summed E-state index contributed by atoms with van der Waals surface area (Å²) in [6, 6.07) is 1.40. The van der Waals surface area contributed by atoms with Gasteiger partial charge in [-0.3, -0.25) is 4.57 Å². The quantitative estimate of drug-likeness (QED) is 0.544. The van der Waals surface area contributed by atoms with Crippen molar-refractivity contribution in [1.29, 1.82) is 0 Å². The Bertz CT molecular complexity index is 469. The number of nitrogen functional groups attached to an aromatic ring is 1. The molecule has 111 valence electrons. The van der Waals surface area contributed by atoms with Crippen LogP contribution in [0, 0.1) is 14.4 Å².